The summed E-state index contributed by atoms with van der Waals surface area (Å²) in [5.74, 6) is -0.527. The molecule has 0 aliphatic carbocycles. The fraction of sp³-hybridized carbons (Fsp3) is 0.136. The molecular weight excluding hydrogens is 354 g/mol. The Bertz CT molecular complexity index is 1160. The van der Waals surface area contributed by atoms with Gasteiger partial charge in [0.1, 0.15) is 11.3 Å². The zero-order valence-electron chi connectivity index (χ0n) is 15.6. The van der Waals surface area contributed by atoms with Crippen molar-refractivity contribution >= 4 is 5.97 Å². The van der Waals surface area contributed by atoms with Gasteiger partial charge < -0.3 is 9.30 Å². The Morgan fingerprint density at radius 3 is 2.43 bits per heavy atom. The quantitative estimate of drug-likeness (QED) is 0.515. The Kier molecular flexibility index (Phi) is 4.53. The van der Waals surface area contributed by atoms with Crippen LogP contribution >= 0.6 is 0 Å². The topological polar surface area (TPSA) is 66.1 Å². The van der Waals surface area contributed by atoms with E-state index < -0.39 is 5.97 Å². The molecule has 28 heavy (non-hydrogen) atoms. The third kappa shape index (κ3) is 3.20. The number of pyridine rings is 1. The number of rotatable bonds is 4. The van der Waals surface area contributed by atoms with Crippen LogP contribution in [0.5, 0.6) is 0 Å². The van der Waals surface area contributed by atoms with Gasteiger partial charge in [0, 0.05) is 18.9 Å². The van der Waals surface area contributed by atoms with Crippen LogP contribution in [-0.2, 0) is 11.3 Å². The zero-order valence-corrected chi connectivity index (χ0v) is 15.6. The molecule has 140 valence electrons. The van der Waals surface area contributed by atoms with Crippen molar-refractivity contribution < 1.29 is 9.53 Å². The summed E-state index contributed by atoms with van der Waals surface area (Å²) in [6.07, 6.45) is 3.41. The second-order valence-electron chi connectivity index (χ2n) is 6.64. The highest BCUT2D eigenvalue weighted by atomic mass is 16.5. The molecule has 0 saturated carbocycles. The molecule has 0 unspecified atom stereocenters. The third-order valence-corrected chi connectivity index (χ3v) is 4.61. The third-order valence-electron chi connectivity index (χ3n) is 4.61. The van der Waals surface area contributed by atoms with Crippen molar-refractivity contribution in [2.24, 2.45) is 0 Å². The fourth-order valence-corrected chi connectivity index (χ4v) is 3.16. The van der Waals surface area contributed by atoms with Crippen molar-refractivity contribution in [2.75, 3.05) is 7.11 Å². The van der Waals surface area contributed by atoms with Gasteiger partial charge in [-0.15, -0.1) is 0 Å². The fourth-order valence-electron chi connectivity index (χ4n) is 3.16. The number of ether oxygens (including phenoxy) is 1. The van der Waals surface area contributed by atoms with Crippen LogP contribution in [0, 0.1) is 6.92 Å². The summed E-state index contributed by atoms with van der Waals surface area (Å²) in [6.45, 7) is 2.55. The van der Waals surface area contributed by atoms with Crippen LogP contribution in [0.15, 0.2) is 71.8 Å². The van der Waals surface area contributed by atoms with E-state index in [-0.39, 0.29) is 11.1 Å². The Hall–Kier alpha value is -3.67. The number of aromatic nitrogens is 3. The van der Waals surface area contributed by atoms with E-state index >= 15 is 0 Å². The van der Waals surface area contributed by atoms with Crippen molar-refractivity contribution in [3.8, 4) is 16.9 Å². The van der Waals surface area contributed by atoms with Crippen LogP contribution in [0.3, 0.4) is 0 Å². The average molecular weight is 373 g/mol. The van der Waals surface area contributed by atoms with Gasteiger partial charge in [0.05, 0.1) is 18.4 Å². The van der Waals surface area contributed by atoms with Crippen LogP contribution in [0.1, 0.15) is 21.5 Å². The first-order valence-electron chi connectivity index (χ1n) is 8.89. The van der Waals surface area contributed by atoms with Gasteiger partial charge in [-0.2, -0.15) is 9.78 Å². The molecule has 2 heterocycles. The Labute approximate surface area is 162 Å². The number of carbonyl (C=O) groups is 1. The van der Waals surface area contributed by atoms with E-state index in [1.807, 2.05) is 54.0 Å². The second kappa shape index (κ2) is 7.15. The van der Waals surface area contributed by atoms with E-state index in [9.17, 15) is 9.59 Å². The number of aryl methyl sites for hydroxylation is 1. The highest BCUT2D eigenvalue weighted by Gasteiger charge is 2.24. The lowest BCUT2D eigenvalue weighted by atomic mass is 10.1. The molecule has 6 heteroatoms. The monoisotopic (exact) mass is 373 g/mol. The van der Waals surface area contributed by atoms with E-state index in [0.717, 1.165) is 5.56 Å². The number of methoxy groups -OCH3 is 1. The molecule has 0 radical (unpaired) electrons. The van der Waals surface area contributed by atoms with E-state index in [4.69, 9.17) is 4.74 Å². The summed E-state index contributed by atoms with van der Waals surface area (Å²) in [4.78, 5) is 25.3. The summed E-state index contributed by atoms with van der Waals surface area (Å²) in [6, 6.07) is 17.2. The Morgan fingerprint density at radius 1 is 1.04 bits per heavy atom. The lowest BCUT2D eigenvalue weighted by molar-refractivity contribution is 0.0600. The van der Waals surface area contributed by atoms with E-state index in [1.54, 1.807) is 24.5 Å². The van der Waals surface area contributed by atoms with Gasteiger partial charge in [0.2, 0.25) is 0 Å². The van der Waals surface area contributed by atoms with Gasteiger partial charge >= 0.3 is 5.97 Å². The van der Waals surface area contributed by atoms with Gasteiger partial charge in [-0.1, -0.05) is 48.0 Å². The highest BCUT2D eigenvalue weighted by Crippen LogP contribution is 2.23. The molecule has 0 amide bonds. The first-order chi connectivity index (χ1) is 13.6. The zero-order chi connectivity index (χ0) is 19.7. The lowest BCUT2D eigenvalue weighted by Gasteiger charge is -2.12. The van der Waals surface area contributed by atoms with Crippen LogP contribution in [-0.4, -0.2) is 27.4 Å². The number of nitrogens with zero attached hydrogens (tertiary/aromatic N) is 3. The number of benzene rings is 2. The molecule has 0 N–H and O–H groups in total. The maximum absolute atomic E-state index is 13.0. The predicted octanol–water partition coefficient (Wildman–Crippen LogP) is 3.28. The molecule has 4 rings (SSSR count). The average Bonchev–Trinajstić information content (AvgIpc) is 3.06. The van der Waals surface area contributed by atoms with E-state index in [1.165, 1.54) is 17.4 Å². The molecule has 2 aliphatic rings. The van der Waals surface area contributed by atoms with Crippen LogP contribution in [0.25, 0.3) is 16.9 Å². The van der Waals surface area contributed by atoms with Crippen LogP contribution in [0.4, 0.5) is 0 Å². The first kappa shape index (κ1) is 17.7. The molecule has 0 atom stereocenters. The van der Waals surface area contributed by atoms with Gasteiger partial charge in [0.15, 0.2) is 0 Å². The number of carbonyl (C=O) groups excluding carboxylic acids is 1. The maximum atomic E-state index is 13.0. The molecule has 6 nitrogen and oxygen atoms in total. The van der Waals surface area contributed by atoms with Gasteiger partial charge in [-0.3, -0.25) is 4.79 Å². The summed E-state index contributed by atoms with van der Waals surface area (Å²) in [5.41, 5.74) is 3.58. The predicted molar refractivity (Wildman–Crippen MR) is 106 cm³/mol. The lowest BCUT2D eigenvalue weighted by Crippen LogP contribution is -2.15. The van der Waals surface area contributed by atoms with Crippen molar-refractivity contribution in [3.05, 3.63) is 94.0 Å². The molecule has 0 aromatic heterocycles. The van der Waals surface area contributed by atoms with E-state index in [0.29, 0.717) is 23.5 Å². The molecule has 2 aromatic carbocycles. The SMILES string of the molecule is COC(=O)c1cn(Cc2ccc(C)cc2)cc2c(=O)n(-c3ccccc3)nc1-2. The minimum atomic E-state index is -0.527. The number of fused-ring (bicyclic) bond motifs is 1. The summed E-state index contributed by atoms with van der Waals surface area (Å²) >= 11 is 0. The Balaban J connectivity index is 1.87. The minimum absolute atomic E-state index is 0.263. The van der Waals surface area contributed by atoms with E-state index in [2.05, 4.69) is 5.10 Å². The number of para-hydroxylation sites is 1. The standard InChI is InChI=1S/C22H19N3O3/c1-15-8-10-16(11-9-15)12-24-13-18-20(19(14-24)22(27)28-2)23-25(21(18)26)17-6-4-3-5-7-17/h3-11,13-14H,12H2,1-2H3. The van der Waals surface area contributed by atoms with Crippen molar-refractivity contribution in [2.45, 2.75) is 13.5 Å². The maximum Gasteiger partial charge on any atom is 0.341 e. The van der Waals surface area contributed by atoms with Crippen LogP contribution < -0.4 is 5.56 Å². The van der Waals surface area contributed by atoms with Crippen LogP contribution in [0.2, 0.25) is 0 Å². The smallest absolute Gasteiger partial charge is 0.341 e. The van der Waals surface area contributed by atoms with Gasteiger partial charge in [-0.05, 0) is 24.6 Å². The molecule has 0 bridgehead atoms. The second-order valence-corrected chi connectivity index (χ2v) is 6.64. The van der Waals surface area contributed by atoms with Crippen molar-refractivity contribution in [1.82, 2.24) is 14.3 Å². The van der Waals surface area contributed by atoms with Crippen molar-refractivity contribution in [1.29, 1.82) is 0 Å². The highest BCUT2D eigenvalue weighted by molar-refractivity contribution is 5.96. The minimum Gasteiger partial charge on any atom is -0.465 e. The number of hydrogen-bond donors (Lipinski definition) is 0. The summed E-state index contributed by atoms with van der Waals surface area (Å²) in [5, 5.41) is 4.40. The molecule has 0 spiro atoms. The summed E-state index contributed by atoms with van der Waals surface area (Å²) in [7, 11) is 1.32. The van der Waals surface area contributed by atoms with Gasteiger partial charge in [-0.25, -0.2) is 4.79 Å². The molecule has 2 aliphatic heterocycles. The first-order valence-corrected chi connectivity index (χ1v) is 8.89. The number of esters is 1. The van der Waals surface area contributed by atoms with Crippen molar-refractivity contribution in [3.63, 3.8) is 0 Å². The molecular formula is C22H19N3O3. The Morgan fingerprint density at radius 2 is 1.75 bits per heavy atom. The summed E-state index contributed by atoms with van der Waals surface area (Å²) < 4.78 is 8.05. The number of hydrogen-bond acceptors (Lipinski definition) is 4. The normalized spacial score (nSPS) is 10.9. The van der Waals surface area contributed by atoms with Gasteiger partial charge in [0.25, 0.3) is 5.56 Å². The molecule has 2 aromatic rings. The molecule has 0 saturated heterocycles. The molecule has 0 fully saturated rings. The largest absolute Gasteiger partial charge is 0.465 e.